The standard InChI is InChI=1S/C14H18N4O3/c1-3-9(2)15-12(19)7-8-18-11-6-4-5-10(14(20)21)13(11)16-17-18/h4-6,9H,3,7-8H2,1-2H3,(H,15,19)(H,20,21). The van der Waals surface area contributed by atoms with Crippen LogP contribution in [0.4, 0.5) is 0 Å². The van der Waals surface area contributed by atoms with E-state index in [-0.39, 0.29) is 23.9 Å². The number of carbonyl (C=O) groups excluding carboxylic acids is 1. The van der Waals surface area contributed by atoms with E-state index >= 15 is 0 Å². The van der Waals surface area contributed by atoms with Crippen LogP contribution in [0, 0.1) is 0 Å². The number of nitrogens with zero attached hydrogens (tertiary/aromatic N) is 3. The van der Waals surface area contributed by atoms with Gasteiger partial charge in [-0.25, -0.2) is 9.48 Å². The highest BCUT2D eigenvalue weighted by Crippen LogP contribution is 2.16. The quantitative estimate of drug-likeness (QED) is 0.839. The Hall–Kier alpha value is -2.44. The van der Waals surface area contributed by atoms with Gasteiger partial charge >= 0.3 is 5.97 Å². The molecule has 0 fully saturated rings. The van der Waals surface area contributed by atoms with Crippen LogP contribution in [-0.4, -0.2) is 38.0 Å². The number of benzene rings is 1. The average Bonchev–Trinajstić information content (AvgIpc) is 2.87. The zero-order chi connectivity index (χ0) is 15.4. The maximum absolute atomic E-state index is 11.8. The van der Waals surface area contributed by atoms with Crippen molar-refractivity contribution in [1.82, 2.24) is 20.3 Å². The third kappa shape index (κ3) is 3.36. The molecule has 0 spiro atoms. The van der Waals surface area contributed by atoms with Gasteiger partial charge in [0.15, 0.2) is 0 Å². The minimum absolute atomic E-state index is 0.0533. The smallest absolute Gasteiger partial charge is 0.338 e. The van der Waals surface area contributed by atoms with Gasteiger partial charge in [0.2, 0.25) is 5.91 Å². The zero-order valence-corrected chi connectivity index (χ0v) is 12.0. The number of aromatic nitrogens is 3. The van der Waals surface area contributed by atoms with Crippen molar-refractivity contribution < 1.29 is 14.7 Å². The molecule has 7 nitrogen and oxygen atoms in total. The molecule has 1 aromatic carbocycles. The minimum Gasteiger partial charge on any atom is -0.478 e. The Kier molecular flexibility index (Phi) is 4.52. The number of hydrogen-bond donors (Lipinski definition) is 2. The molecule has 1 amide bonds. The second kappa shape index (κ2) is 6.34. The first-order chi connectivity index (χ1) is 10.0. The van der Waals surface area contributed by atoms with Gasteiger partial charge in [-0.3, -0.25) is 4.79 Å². The third-order valence-electron chi connectivity index (χ3n) is 3.35. The SMILES string of the molecule is CCC(C)NC(=O)CCn1nnc2c(C(=O)O)cccc21. The van der Waals surface area contributed by atoms with E-state index in [1.807, 2.05) is 13.8 Å². The topological polar surface area (TPSA) is 97.1 Å². The van der Waals surface area contributed by atoms with Crippen LogP contribution in [0.1, 0.15) is 37.0 Å². The number of rotatable bonds is 6. The maximum Gasteiger partial charge on any atom is 0.338 e. The molecule has 21 heavy (non-hydrogen) atoms. The molecule has 7 heteroatoms. The predicted molar refractivity (Wildman–Crippen MR) is 77.0 cm³/mol. The molecule has 1 aromatic heterocycles. The van der Waals surface area contributed by atoms with Crippen molar-refractivity contribution in [3.8, 4) is 0 Å². The van der Waals surface area contributed by atoms with Crippen LogP contribution in [0.5, 0.6) is 0 Å². The molecule has 1 atom stereocenters. The Morgan fingerprint density at radius 2 is 2.19 bits per heavy atom. The highest BCUT2D eigenvalue weighted by Gasteiger charge is 2.14. The number of fused-ring (bicyclic) bond motifs is 1. The normalized spacial score (nSPS) is 12.3. The molecule has 0 aliphatic heterocycles. The summed E-state index contributed by atoms with van der Waals surface area (Å²) in [5.74, 6) is -1.09. The molecule has 112 valence electrons. The number of aromatic carboxylic acids is 1. The largest absolute Gasteiger partial charge is 0.478 e. The van der Waals surface area contributed by atoms with Crippen LogP contribution in [0.15, 0.2) is 18.2 Å². The molecule has 0 bridgehead atoms. The summed E-state index contributed by atoms with van der Waals surface area (Å²) in [5.41, 5.74) is 1.07. The Morgan fingerprint density at radius 1 is 1.43 bits per heavy atom. The van der Waals surface area contributed by atoms with E-state index < -0.39 is 5.97 Å². The Bertz CT molecular complexity index is 665. The van der Waals surface area contributed by atoms with Crippen LogP contribution in [0.3, 0.4) is 0 Å². The van der Waals surface area contributed by atoms with Crippen molar-refractivity contribution >= 4 is 22.9 Å². The lowest BCUT2D eigenvalue weighted by atomic mass is 10.2. The summed E-state index contributed by atoms with van der Waals surface area (Å²) in [4.78, 5) is 22.9. The van der Waals surface area contributed by atoms with E-state index in [1.165, 1.54) is 6.07 Å². The first-order valence-corrected chi connectivity index (χ1v) is 6.87. The molecule has 1 unspecified atom stereocenters. The molecule has 0 aliphatic carbocycles. The van der Waals surface area contributed by atoms with Crippen LogP contribution in [0.2, 0.25) is 0 Å². The number of aryl methyl sites for hydroxylation is 1. The molecule has 2 rings (SSSR count). The predicted octanol–water partition coefficient (Wildman–Crippen LogP) is 1.43. The summed E-state index contributed by atoms with van der Waals surface area (Å²) in [6.45, 7) is 4.31. The fraction of sp³-hybridized carbons (Fsp3) is 0.429. The highest BCUT2D eigenvalue weighted by molar-refractivity contribution is 6.00. The lowest BCUT2D eigenvalue weighted by molar-refractivity contribution is -0.121. The van der Waals surface area contributed by atoms with Crippen LogP contribution in [-0.2, 0) is 11.3 Å². The van der Waals surface area contributed by atoms with Crippen molar-refractivity contribution in [3.05, 3.63) is 23.8 Å². The van der Waals surface area contributed by atoms with Gasteiger partial charge in [-0.15, -0.1) is 5.10 Å². The Labute approximate surface area is 121 Å². The van der Waals surface area contributed by atoms with Crippen LogP contribution >= 0.6 is 0 Å². The molecule has 0 saturated heterocycles. The second-order valence-electron chi connectivity index (χ2n) is 4.92. The Morgan fingerprint density at radius 3 is 2.86 bits per heavy atom. The second-order valence-corrected chi connectivity index (χ2v) is 4.92. The molecule has 2 N–H and O–H groups in total. The van der Waals surface area contributed by atoms with E-state index in [0.29, 0.717) is 17.6 Å². The molecule has 1 heterocycles. The minimum atomic E-state index is -1.04. The van der Waals surface area contributed by atoms with E-state index in [4.69, 9.17) is 5.11 Å². The zero-order valence-electron chi connectivity index (χ0n) is 12.0. The average molecular weight is 290 g/mol. The lowest BCUT2D eigenvalue weighted by Gasteiger charge is -2.11. The van der Waals surface area contributed by atoms with Crippen molar-refractivity contribution in [2.45, 2.75) is 39.3 Å². The van der Waals surface area contributed by atoms with Crippen molar-refractivity contribution in [3.63, 3.8) is 0 Å². The van der Waals surface area contributed by atoms with Crippen molar-refractivity contribution in [2.75, 3.05) is 0 Å². The van der Waals surface area contributed by atoms with Gasteiger partial charge in [0.25, 0.3) is 0 Å². The molecule has 2 aromatic rings. The van der Waals surface area contributed by atoms with Crippen molar-refractivity contribution in [1.29, 1.82) is 0 Å². The number of carbonyl (C=O) groups is 2. The molecular formula is C14H18N4O3. The number of carboxylic acid groups (broad SMARTS) is 1. The number of amides is 1. The fourth-order valence-corrected chi connectivity index (χ4v) is 1.99. The van der Waals surface area contributed by atoms with Gasteiger partial charge in [0.1, 0.15) is 5.52 Å². The summed E-state index contributed by atoms with van der Waals surface area (Å²) in [6.07, 6.45) is 1.15. The van der Waals surface area contributed by atoms with Crippen LogP contribution < -0.4 is 5.32 Å². The number of nitrogens with one attached hydrogen (secondary N) is 1. The summed E-state index contributed by atoms with van der Waals surface area (Å²) in [7, 11) is 0. The third-order valence-corrected chi connectivity index (χ3v) is 3.35. The molecular weight excluding hydrogens is 272 g/mol. The number of carboxylic acids is 1. The van der Waals surface area contributed by atoms with Crippen LogP contribution in [0.25, 0.3) is 11.0 Å². The monoisotopic (exact) mass is 290 g/mol. The van der Waals surface area contributed by atoms with E-state index in [2.05, 4.69) is 15.6 Å². The lowest BCUT2D eigenvalue weighted by Crippen LogP contribution is -2.32. The first kappa shape index (κ1) is 15.0. The fourth-order valence-electron chi connectivity index (χ4n) is 1.99. The number of hydrogen-bond acceptors (Lipinski definition) is 4. The van der Waals surface area contributed by atoms with E-state index in [9.17, 15) is 9.59 Å². The molecule has 0 saturated carbocycles. The summed E-state index contributed by atoms with van der Waals surface area (Å²) < 4.78 is 1.55. The summed E-state index contributed by atoms with van der Waals surface area (Å²) in [6, 6.07) is 5.02. The molecule has 0 aliphatic rings. The summed E-state index contributed by atoms with van der Waals surface area (Å²) >= 11 is 0. The van der Waals surface area contributed by atoms with Gasteiger partial charge in [-0.1, -0.05) is 18.2 Å². The Balaban J connectivity index is 2.12. The van der Waals surface area contributed by atoms with Gasteiger partial charge in [-0.2, -0.15) is 0 Å². The van der Waals surface area contributed by atoms with Gasteiger partial charge in [0.05, 0.1) is 17.6 Å². The highest BCUT2D eigenvalue weighted by atomic mass is 16.4. The van der Waals surface area contributed by atoms with E-state index in [0.717, 1.165) is 6.42 Å². The van der Waals surface area contributed by atoms with Crippen molar-refractivity contribution in [2.24, 2.45) is 0 Å². The van der Waals surface area contributed by atoms with Gasteiger partial charge < -0.3 is 10.4 Å². The molecule has 0 radical (unpaired) electrons. The van der Waals surface area contributed by atoms with Gasteiger partial charge in [0, 0.05) is 12.5 Å². The van der Waals surface area contributed by atoms with E-state index in [1.54, 1.807) is 16.8 Å². The maximum atomic E-state index is 11.8. The first-order valence-electron chi connectivity index (χ1n) is 6.87. The van der Waals surface area contributed by atoms with Gasteiger partial charge in [-0.05, 0) is 25.5 Å². The summed E-state index contributed by atoms with van der Waals surface area (Å²) in [5, 5.41) is 19.8.